The second-order valence-electron chi connectivity index (χ2n) is 3.49. The predicted molar refractivity (Wildman–Crippen MR) is 50.6 cm³/mol. The van der Waals surface area contributed by atoms with E-state index in [-0.39, 0.29) is 5.91 Å². The molecule has 0 radical (unpaired) electrons. The highest BCUT2D eigenvalue weighted by molar-refractivity contribution is 5.94. The van der Waals surface area contributed by atoms with Gasteiger partial charge in [0.25, 0.3) is 5.91 Å². The number of carbonyl (C=O) groups is 1. The molecule has 1 heterocycles. The maximum Gasteiger partial charge on any atom is 0.254 e. The Morgan fingerprint density at radius 3 is 2.77 bits per heavy atom. The van der Waals surface area contributed by atoms with Crippen LogP contribution in [0.15, 0.2) is 16.7 Å². The minimum Gasteiger partial charge on any atom is -0.469 e. The van der Waals surface area contributed by atoms with Crippen molar-refractivity contribution in [2.45, 2.75) is 20.8 Å². The molecule has 1 amide bonds. The van der Waals surface area contributed by atoms with Crippen molar-refractivity contribution in [1.29, 1.82) is 0 Å². The lowest BCUT2D eigenvalue weighted by molar-refractivity contribution is 0.0947. The first kappa shape index (κ1) is 9.84. The third-order valence-electron chi connectivity index (χ3n) is 1.77. The Morgan fingerprint density at radius 2 is 2.31 bits per heavy atom. The highest BCUT2D eigenvalue weighted by atomic mass is 16.3. The molecular weight excluding hydrogens is 166 g/mol. The molecule has 72 valence electrons. The lowest BCUT2D eigenvalue weighted by Crippen LogP contribution is -2.27. The van der Waals surface area contributed by atoms with E-state index >= 15 is 0 Å². The third kappa shape index (κ3) is 2.61. The van der Waals surface area contributed by atoms with Crippen molar-refractivity contribution in [3.63, 3.8) is 0 Å². The Morgan fingerprint density at radius 1 is 1.62 bits per heavy atom. The molecule has 0 aliphatic heterocycles. The number of rotatable bonds is 3. The van der Waals surface area contributed by atoms with Crippen LogP contribution in [0.1, 0.15) is 30.0 Å². The first-order valence-corrected chi connectivity index (χ1v) is 4.43. The van der Waals surface area contributed by atoms with E-state index in [1.54, 1.807) is 13.0 Å². The second kappa shape index (κ2) is 4.12. The molecule has 3 heteroatoms. The van der Waals surface area contributed by atoms with Gasteiger partial charge in [-0.15, -0.1) is 0 Å². The number of amides is 1. The summed E-state index contributed by atoms with van der Waals surface area (Å²) in [4.78, 5) is 11.5. The van der Waals surface area contributed by atoms with Crippen LogP contribution in [0, 0.1) is 12.8 Å². The van der Waals surface area contributed by atoms with Gasteiger partial charge < -0.3 is 9.73 Å². The van der Waals surface area contributed by atoms with Gasteiger partial charge in [0.2, 0.25) is 0 Å². The van der Waals surface area contributed by atoms with E-state index in [9.17, 15) is 4.79 Å². The van der Waals surface area contributed by atoms with Crippen LogP contribution in [-0.4, -0.2) is 12.5 Å². The van der Waals surface area contributed by atoms with Crippen molar-refractivity contribution < 1.29 is 9.21 Å². The Kier molecular flexibility index (Phi) is 3.12. The fraction of sp³-hybridized carbons (Fsp3) is 0.500. The molecule has 0 spiro atoms. The van der Waals surface area contributed by atoms with Crippen molar-refractivity contribution in [1.82, 2.24) is 5.32 Å². The maximum absolute atomic E-state index is 11.5. The van der Waals surface area contributed by atoms with Gasteiger partial charge in [-0.1, -0.05) is 13.8 Å². The van der Waals surface area contributed by atoms with Gasteiger partial charge >= 0.3 is 0 Å². The largest absolute Gasteiger partial charge is 0.469 e. The monoisotopic (exact) mass is 181 g/mol. The molecule has 0 aliphatic rings. The van der Waals surface area contributed by atoms with Crippen molar-refractivity contribution in [2.75, 3.05) is 6.54 Å². The molecule has 0 saturated carbocycles. The molecule has 1 N–H and O–H groups in total. The predicted octanol–water partition coefficient (Wildman–Crippen LogP) is 1.97. The van der Waals surface area contributed by atoms with Gasteiger partial charge in [-0.2, -0.15) is 0 Å². The topological polar surface area (TPSA) is 42.2 Å². The summed E-state index contributed by atoms with van der Waals surface area (Å²) >= 11 is 0. The zero-order chi connectivity index (χ0) is 9.84. The summed E-state index contributed by atoms with van der Waals surface area (Å²) in [5.41, 5.74) is 0.626. The van der Waals surface area contributed by atoms with E-state index in [4.69, 9.17) is 4.42 Å². The minimum atomic E-state index is -0.0556. The van der Waals surface area contributed by atoms with Gasteiger partial charge in [-0.05, 0) is 18.9 Å². The number of furan rings is 1. The Labute approximate surface area is 78.1 Å². The lowest BCUT2D eigenvalue weighted by Gasteiger charge is -2.06. The van der Waals surface area contributed by atoms with E-state index in [0.717, 1.165) is 0 Å². The van der Waals surface area contributed by atoms with Crippen LogP contribution in [0.5, 0.6) is 0 Å². The summed E-state index contributed by atoms with van der Waals surface area (Å²) < 4.78 is 5.03. The lowest BCUT2D eigenvalue weighted by atomic mass is 10.2. The Balaban J connectivity index is 2.54. The van der Waals surface area contributed by atoms with Gasteiger partial charge in [-0.25, -0.2) is 0 Å². The molecule has 0 saturated heterocycles. The van der Waals surface area contributed by atoms with Crippen molar-refractivity contribution >= 4 is 5.91 Å². The zero-order valence-electron chi connectivity index (χ0n) is 8.26. The molecule has 1 aromatic heterocycles. The van der Waals surface area contributed by atoms with E-state index < -0.39 is 0 Å². The zero-order valence-corrected chi connectivity index (χ0v) is 8.26. The normalized spacial score (nSPS) is 10.5. The number of carbonyl (C=O) groups excluding carboxylic acids is 1. The van der Waals surface area contributed by atoms with Crippen LogP contribution in [0.4, 0.5) is 0 Å². The van der Waals surface area contributed by atoms with Gasteiger partial charge in [0.1, 0.15) is 5.76 Å². The standard InChI is InChI=1S/C10H15NO2/c1-7(2)6-11-10(12)9-4-5-13-8(9)3/h4-5,7H,6H2,1-3H3,(H,11,12). The number of hydrogen-bond acceptors (Lipinski definition) is 2. The van der Waals surface area contributed by atoms with Crippen molar-refractivity contribution in [2.24, 2.45) is 5.92 Å². The van der Waals surface area contributed by atoms with E-state index in [2.05, 4.69) is 19.2 Å². The SMILES string of the molecule is Cc1occc1C(=O)NCC(C)C. The maximum atomic E-state index is 11.5. The molecule has 0 aliphatic carbocycles. The van der Waals surface area contributed by atoms with Crippen LogP contribution in [0.2, 0.25) is 0 Å². The van der Waals surface area contributed by atoms with Crippen molar-refractivity contribution in [3.05, 3.63) is 23.7 Å². The summed E-state index contributed by atoms with van der Waals surface area (Å²) in [7, 11) is 0. The van der Waals surface area contributed by atoms with Crippen LogP contribution in [0.25, 0.3) is 0 Å². The highest BCUT2D eigenvalue weighted by Gasteiger charge is 2.10. The van der Waals surface area contributed by atoms with E-state index in [1.807, 2.05) is 0 Å². The first-order chi connectivity index (χ1) is 6.11. The molecule has 0 fully saturated rings. The molecule has 1 rings (SSSR count). The second-order valence-corrected chi connectivity index (χ2v) is 3.49. The molecule has 0 bridgehead atoms. The molecular formula is C10H15NO2. The van der Waals surface area contributed by atoms with Crippen molar-refractivity contribution in [3.8, 4) is 0 Å². The van der Waals surface area contributed by atoms with Crippen LogP contribution in [-0.2, 0) is 0 Å². The molecule has 1 aromatic rings. The summed E-state index contributed by atoms with van der Waals surface area (Å²) in [6.45, 7) is 6.60. The first-order valence-electron chi connectivity index (χ1n) is 4.43. The summed E-state index contributed by atoms with van der Waals surface area (Å²) in [5, 5.41) is 2.83. The quantitative estimate of drug-likeness (QED) is 0.774. The minimum absolute atomic E-state index is 0.0556. The van der Waals surface area contributed by atoms with Gasteiger partial charge in [-0.3, -0.25) is 4.79 Å². The van der Waals surface area contributed by atoms with Gasteiger partial charge in [0, 0.05) is 6.54 Å². The Bertz CT molecular complexity index is 289. The van der Waals surface area contributed by atoms with Crippen LogP contribution in [0.3, 0.4) is 0 Å². The number of aryl methyl sites for hydroxylation is 1. The number of hydrogen-bond donors (Lipinski definition) is 1. The van der Waals surface area contributed by atoms with Gasteiger partial charge in [0.15, 0.2) is 0 Å². The summed E-state index contributed by atoms with van der Waals surface area (Å²) in [6.07, 6.45) is 1.53. The van der Waals surface area contributed by atoms with Crippen LogP contribution < -0.4 is 5.32 Å². The average Bonchev–Trinajstić information content (AvgIpc) is 2.47. The van der Waals surface area contributed by atoms with Crippen LogP contribution >= 0.6 is 0 Å². The fourth-order valence-corrected chi connectivity index (χ4v) is 1.01. The third-order valence-corrected chi connectivity index (χ3v) is 1.77. The highest BCUT2D eigenvalue weighted by Crippen LogP contribution is 2.08. The van der Waals surface area contributed by atoms with Gasteiger partial charge in [0.05, 0.1) is 11.8 Å². The van der Waals surface area contributed by atoms with E-state index in [1.165, 1.54) is 6.26 Å². The molecule has 0 aromatic carbocycles. The molecule has 0 atom stereocenters. The Hall–Kier alpha value is -1.25. The fourth-order valence-electron chi connectivity index (χ4n) is 1.01. The summed E-state index contributed by atoms with van der Waals surface area (Å²) in [6, 6.07) is 1.69. The molecule has 13 heavy (non-hydrogen) atoms. The molecule has 0 unspecified atom stereocenters. The molecule has 3 nitrogen and oxygen atoms in total. The summed E-state index contributed by atoms with van der Waals surface area (Å²) in [5.74, 6) is 1.08. The average molecular weight is 181 g/mol. The van der Waals surface area contributed by atoms with E-state index in [0.29, 0.717) is 23.8 Å². The smallest absolute Gasteiger partial charge is 0.254 e. The number of nitrogens with one attached hydrogen (secondary N) is 1.